The molecule has 0 bridgehead atoms. The van der Waals surface area contributed by atoms with Crippen molar-refractivity contribution in [1.82, 2.24) is 29.2 Å². The molecule has 0 spiro atoms. The standard InChI is InChI=1S/C48H76N6O11/c1-14-38-48(8)42(54(46(58)65-48)21-16-15-20-53-27-36(50-28-53)35-18-17-19-49-26-35)32(4)39(55)30(2)25-47(7,59-13)43(64-45-40(56)37(52(11)12)24-31(3)62-45)33(5)41(34(6)44(57)63-38)61-29-60-23-22-51(9)10/h17-19,26-28,30-33,37-38,40,42-43,45,56H,14-16,20-25,29H2,1-13H3/b41-34+/t30-,31-,32+,33+,37+,38-,40-,42-,43-,45+,47-,48-/m1/s1. The third-order valence-corrected chi connectivity index (χ3v) is 13.6. The number of hydrogen-bond acceptors (Lipinski definition) is 15. The van der Waals surface area contributed by atoms with E-state index in [1.165, 1.54) is 0 Å². The van der Waals surface area contributed by atoms with E-state index in [0.717, 1.165) is 11.3 Å². The number of likely N-dealkylation sites (N-methyl/N-ethyl adjacent to an activating group) is 2. The minimum absolute atomic E-state index is 0.119. The number of cyclic esters (lactones) is 1. The molecule has 2 aromatic rings. The van der Waals surface area contributed by atoms with Crippen molar-refractivity contribution >= 4 is 17.8 Å². The summed E-state index contributed by atoms with van der Waals surface area (Å²) < 4.78 is 46.5. The maximum Gasteiger partial charge on any atom is 0.410 e. The molecule has 0 aliphatic carbocycles. The molecule has 0 saturated carbocycles. The molecule has 364 valence electrons. The zero-order valence-corrected chi connectivity index (χ0v) is 41.0. The highest BCUT2D eigenvalue weighted by Gasteiger charge is 2.60. The molecule has 5 rings (SSSR count). The minimum Gasteiger partial charge on any atom is -0.471 e. The van der Waals surface area contributed by atoms with Gasteiger partial charge in [0.2, 0.25) is 0 Å². The largest absolute Gasteiger partial charge is 0.471 e. The van der Waals surface area contributed by atoms with Gasteiger partial charge in [-0.2, -0.15) is 0 Å². The minimum atomic E-state index is -1.39. The zero-order chi connectivity index (χ0) is 47.8. The first-order valence-electron chi connectivity index (χ1n) is 23.2. The van der Waals surface area contributed by atoms with Crippen LogP contribution in [0, 0.1) is 17.8 Å². The number of aliphatic hydroxyl groups is 1. The maximum atomic E-state index is 15.0. The van der Waals surface area contributed by atoms with E-state index in [4.69, 9.17) is 33.2 Å². The van der Waals surface area contributed by atoms with Crippen LogP contribution in [0.4, 0.5) is 4.79 Å². The number of hydrogen-bond donors (Lipinski definition) is 1. The van der Waals surface area contributed by atoms with Gasteiger partial charge in [-0.05, 0) is 100 Å². The van der Waals surface area contributed by atoms with Crippen LogP contribution in [0.25, 0.3) is 11.3 Å². The van der Waals surface area contributed by atoms with Crippen molar-refractivity contribution in [2.24, 2.45) is 17.8 Å². The van der Waals surface area contributed by atoms with Crippen molar-refractivity contribution in [2.75, 3.05) is 61.8 Å². The van der Waals surface area contributed by atoms with Crippen LogP contribution in [0.15, 0.2) is 48.4 Å². The number of amides is 1. The number of methoxy groups -OCH3 is 1. The molecule has 3 aliphatic rings. The van der Waals surface area contributed by atoms with E-state index in [1.807, 2.05) is 102 Å². The number of fused-ring (bicyclic) bond motifs is 1. The van der Waals surface area contributed by atoms with Crippen LogP contribution in [0.2, 0.25) is 0 Å². The van der Waals surface area contributed by atoms with Gasteiger partial charge in [-0.1, -0.05) is 27.7 Å². The lowest BCUT2D eigenvalue weighted by Gasteiger charge is -2.47. The second-order valence-corrected chi connectivity index (χ2v) is 19.1. The molecule has 0 unspecified atom stereocenters. The van der Waals surface area contributed by atoms with E-state index >= 15 is 0 Å². The molecule has 17 nitrogen and oxygen atoms in total. The Kier molecular flexibility index (Phi) is 18.1. The Morgan fingerprint density at radius 1 is 1.03 bits per heavy atom. The van der Waals surface area contributed by atoms with E-state index in [1.54, 1.807) is 44.6 Å². The molecule has 0 aromatic carbocycles. The van der Waals surface area contributed by atoms with Gasteiger partial charge in [0.05, 0.1) is 48.1 Å². The van der Waals surface area contributed by atoms with Crippen LogP contribution in [0.5, 0.6) is 0 Å². The number of aliphatic hydroxyl groups excluding tert-OH is 1. The Hall–Kier alpha value is -3.97. The molecule has 3 aliphatic heterocycles. The summed E-state index contributed by atoms with van der Waals surface area (Å²) in [7, 11) is 9.24. The summed E-state index contributed by atoms with van der Waals surface area (Å²) >= 11 is 0. The molecule has 12 atom stereocenters. The zero-order valence-electron chi connectivity index (χ0n) is 41.0. The van der Waals surface area contributed by atoms with Crippen LogP contribution in [0.3, 0.4) is 0 Å². The Bertz CT molecular complexity index is 1910. The van der Waals surface area contributed by atoms with Crippen LogP contribution < -0.4 is 0 Å². The van der Waals surface area contributed by atoms with E-state index in [9.17, 15) is 19.5 Å². The summed E-state index contributed by atoms with van der Waals surface area (Å²) in [5.74, 6) is -2.68. The molecule has 17 heteroatoms. The van der Waals surface area contributed by atoms with E-state index in [2.05, 4.69) is 9.97 Å². The summed E-state index contributed by atoms with van der Waals surface area (Å²) in [5.41, 5.74) is -0.715. The number of aryl methyl sites for hydroxylation is 1. The number of carbonyl (C=O) groups is 3. The maximum absolute atomic E-state index is 15.0. The first-order valence-corrected chi connectivity index (χ1v) is 23.2. The topological polar surface area (TPSA) is 176 Å². The van der Waals surface area contributed by atoms with Crippen LogP contribution in [-0.4, -0.2) is 168 Å². The SMILES string of the molecule is CC[C@H]1OC(=O)/C(C)=C(/OCOCCN(C)C)[C@H](C)[C@@H](O[C@@H]2O[C@H](C)C[C@H](N(C)C)[C@H]2O)[C@](C)(OC)C[C@@H](C)C(=O)[C@H](C)[C@H]2N(CCCCn3cnc(-c4cccnc4)c3)C(=O)O[C@]12C. The van der Waals surface area contributed by atoms with Gasteiger partial charge in [0, 0.05) is 74.7 Å². The fourth-order valence-corrected chi connectivity index (χ4v) is 9.98. The highest BCUT2D eigenvalue weighted by atomic mass is 16.7. The summed E-state index contributed by atoms with van der Waals surface area (Å²) in [5, 5.41) is 11.7. The quantitative estimate of drug-likeness (QED) is 0.119. The van der Waals surface area contributed by atoms with Crippen molar-refractivity contribution in [3.8, 4) is 11.3 Å². The van der Waals surface area contributed by atoms with Crippen molar-refractivity contribution < 1.29 is 52.6 Å². The van der Waals surface area contributed by atoms with Gasteiger partial charge in [0.1, 0.15) is 23.8 Å². The molecular formula is C48H76N6O11. The Balaban J connectivity index is 1.51. The molecule has 1 amide bonds. The molecule has 1 N–H and O–H groups in total. The number of ketones is 1. The fourth-order valence-electron chi connectivity index (χ4n) is 9.98. The Morgan fingerprint density at radius 3 is 2.40 bits per heavy atom. The van der Waals surface area contributed by atoms with Gasteiger partial charge >= 0.3 is 12.1 Å². The van der Waals surface area contributed by atoms with Gasteiger partial charge in [-0.25, -0.2) is 14.6 Å². The van der Waals surface area contributed by atoms with Crippen LogP contribution in [0.1, 0.15) is 87.5 Å². The smallest absolute Gasteiger partial charge is 0.410 e. The monoisotopic (exact) mass is 913 g/mol. The van der Waals surface area contributed by atoms with E-state index in [0.29, 0.717) is 51.9 Å². The number of rotatable bonds is 17. The first-order chi connectivity index (χ1) is 30.8. The number of nitrogens with zero attached hydrogens (tertiary/aromatic N) is 6. The van der Waals surface area contributed by atoms with Gasteiger partial charge in [-0.15, -0.1) is 0 Å². The third-order valence-electron chi connectivity index (χ3n) is 13.6. The molecule has 2 aromatic heterocycles. The van der Waals surface area contributed by atoms with E-state index in [-0.39, 0.29) is 42.5 Å². The third kappa shape index (κ3) is 12.1. The summed E-state index contributed by atoms with van der Waals surface area (Å²) in [6.45, 7) is 16.4. The molecular weight excluding hydrogens is 837 g/mol. The molecule has 65 heavy (non-hydrogen) atoms. The lowest BCUT2D eigenvalue weighted by Crippen LogP contribution is -2.59. The fraction of sp³-hybridized carbons (Fsp3) is 0.729. The number of esters is 1. The number of aromatic nitrogens is 3. The number of imidazole rings is 1. The van der Waals surface area contributed by atoms with Crippen molar-refractivity contribution in [3.63, 3.8) is 0 Å². The van der Waals surface area contributed by atoms with Crippen LogP contribution >= 0.6 is 0 Å². The second kappa shape index (κ2) is 22.7. The number of Topliss-reactive ketones (excluding diaryl/α,β-unsaturated/α-hetero) is 1. The van der Waals surface area contributed by atoms with Gasteiger partial charge < -0.3 is 57.5 Å². The lowest BCUT2D eigenvalue weighted by molar-refractivity contribution is -0.296. The normalized spacial score (nSPS) is 34.1. The first kappa shape index (κ1) is 52.0. The average Bonchev–Trinajstić information content (AvgIpc) is 3.85. The molecule has 2 fully saturated rings. The van der Waals surface area contributed by atoms with Crippen molar-refractivity contribution in [3.05, 3.63) is 48.4 Å². The molecule has 2 saturated heterocycles. The van der Waals surface area contributed by atoms with E-state index < -0.39 is 71.7 Å². The van der Waals surface area contributed by atoms with Gasteiger partial charge in [-0.3, -0.25) is 9.78 Å². The number of ether oxygens (including phenoxy) is 7. The highest BCUT2D eigenvalue weighted by molar-refractivity contribution is 5.89. The number of unbranched alkanes of at least 4 members (excludes halogenated alkanes) is 1. The summed E-state index contributed by atoms with van der Waals surface area (Å²) in [4.78, 5) is 57.9. The van der Waals surface area contributed by atoms with Gasteiger partial charge in [0.25, 0.3) is 0 Å². The van der Waals surface area contributed by atoms with Crippen molar-refractivity contribution in [1.29, 1.82) is 0 Å². The summed E-state index contributed by atoms with van der Waals surface area (Å²) in [6, 6.07) is 2.78. The second-order valence-electron chi connectivity index (χ2n) is 19.1. The number of pyridine rings is 1. The Morgan fingerprint density at radius 2 is 1.75 bits per heavy atom. The Labute approximate surface area is 386 Å². The highest BCUT2D eigenvalue weighted by Crippen LogP contribution is 2.44. The summed E-state index contributed by atoms with van der Waals surface area (Å²) in [6.07, 6.45) is 4.80. The number of carbonyl (C=O) groups excluding carboxylic acids is 3. The van der Waals surface area contributed by atoms with Crippen molar-refractivity contribution in [2.45, 2.75) is 148 Å². The predicted molar refractivity (Wildman–Crippen MR) is 243 cm³/mol. The lowest BCUT2D eigenvalue weighted by atomic mass is 9.74. The average molecular weight is 913 g/mol. The molecule has 5 heterocycles. The van der Waals surface area contributed by atoms with Gasteiger partial charge in [0.15, 0.2) is 18.7 Å². The molecule has 0 radical (unpaired) electrons. The van der Waals surface area contributed by atoms with Crippen LogP contribution in [-0.2, 0) is 49.3 Å². The predicted octanol–water partition coefficient (Wildman–Crippen LogP) is 5.55.